The third-order valence-electron chi connectivity index (χ3n) is 9.76. The summed E-state index contributed by atoms with van der Waals surface area (Å²) in [6, 6.07) is 35.4. The molecule has 2 heterocycles. The van der Waals surface area contributed by atoms with Crippen LogP contribution in [0.1, 0.15) is 5.56 Å². The zero-order chi connectivity index (χ0) is 30.8. The number of furan rings is 2. The van der Waals surface area contributed by atoms with Crippen molar-refractivity contribution in [2.75, 3.05) is 0 Å². The van der Waals surface area contributed by atoms with Gasteiger partial charge < -0.3 is 24.2 Å². The molecule has 3 N–H and O–H groups in total. The first-order chi connectivity index (χ1) is 22.5. The first-order valence-corrected chi connectivity index (χ1v) is 15.2. The summed E-state index contributed by atoms with van der Waals surface area (Å²) in [4.78, 5) is 0. The number of para-hydroxylation sites is 4. The predicted molar refractivity (Wildman–Crippen MR) is 185 cm³/mol. The zero-order valence-electron chi connectivity index (χ0n) is 24.6. The summed E-state index contributed by atoms with van der Waals surface area (Å²) < 4.78 is 12.8. The topological polar surface area (TPSA) is 87.0 Å². The number of hydrogen-bond donors (Lipinski definition) is 3. The van der Waals surface area contributed by atoms with Gasteiger partial charge in [-0.2, -0.15) is 0 Å². The molecule has 5 heteroatoms. The van der Waals surface area contributed by atoms with Crippen molar-refractivity contribution in [3.8, 4) is 39.5 Å². The molecular weight excluding hydrogens is 572 g/mol. The summed E-state index contributed by atoms with van der Waals surface area (Å²) in [6.07, 6.45) is 0. The van der Waals surface area contributed by atoms with E-state index in [1.54, 1.807) is 0 Å². The van der Waals surface area contributed by atoms with Crippen LogP contribution in [0.25, 0.3) is 98.4 Å². The number of aryl methyl sites for hydroxylation is 1. The molecule has 0 aliphatic carbocycles. The molecule has 0 unspecified atom stereocenters. The predicted octanol–water partition coefficient (Wildman–Crippen LogP) is 11.1. The van der Waals surface area contributed by atoms with Crippen molar-refractivity contribution in [1.29, 1.82) is 0 Å². The van der Waals surface area contributed by atoms with Crippen LogP contribution in [0, 0.1) is 6.92 Å². The second-order valence-electron chi connectivity index (χ2n) is 12.1. The number of phenols is 3. The van der Waals surface area contributed by atoms with Gasteiger partial charge in [-0.1, -0.05) is 91.0 Å². The largest absolute Gasteiger partial charge is 0.507 e. The lowest BCUT2D eigenvalue weighted by atomic mass is 9.84. The van der Waals surface area contributed by atoms with Crippen LogP contribution in [0.5, 0.6) is 17.2 Å². The van der Waals surface area contributed by atoms with Crippen molar-refractivity contribution in [1.82, 2.24) is 0 Å². The maximum atomic E-state index is 11.8. The molecule has 10 aromatic rings. The van der Waals surface area contributed by atoms with Gasteiger partial charge in [-0.3, -0.25) is 0 Å². The molecule has 0 atom stereocenters. The number of rotatable bonds is 2. The van der Waals surface area contributed by atoms with Crippen molar-refractivity contribution in [2.24, 2.45) is 0 Å². The highest BCUT2D eigenvalue weighted by molar-refractivity contribution is 6.32. The average Bonchev–Trinajstić information content (AvgIpc) is 3.66. The smallest absolute Gasteiger partial charge is 0.166 e. The fourth-order valence-electron chi connectivity index (χ4n) is 7.67. The molecule has 46 heavy (non-hydrogen) atoms. The fraction of sp³-hybridized carbons (Fsp3) is 0.0244. The summed E-state index contributed by atoms with van der Waals surface area (Å²) in [5.41, 5.74) is 6.22. The third kappa shape index (κ3) is 3.04. The van der Waals surface area contributed by atoms with Crippen molar-refractivity contribution in [3.63, 3.8) is 0 Å². The average molecular weight is 597 g/mol. The Morgan fingerprint density at radius 2 is 0.848 bits per heavy atom. The van der Waals surface area contributed by atoms with Crippen LogP contribution >= 0.6 is 0 Å². The lowest BCUT2D eigenvalue weighted by molar-refractivity contribution is 0.410. The molecule has 0 spiro atoms. The summed E-state index contributed by atoms with van der Waals surface area (Å²) in [5, 5.41) is 43.6. The van der Waals surface area contributed by atoms with Crippen LogP contribution in [0.15, 0.2) is 118 Å². The number of aromatic hydroxyl groups is 3. The number of fused-ring (bicyclic) bond motifs is 6. The van der Waals surface area contributed by atoms with Gasteiger partial charge >= 0.3 is 0 Å². The maximum Gasteiger partial charge on any atom is 0.166 e. The molecule has 0 saturated heterocycles. The number of hydrogen-bond acceptors (Lipinski definition) is 5. The molecule has 0 aliphatic rings. The normalized spacial score (nSPS) is 12.3. The molecular formula is C41H24O5. The Bertz CT molecular complexity index is 2710. The maximum absolute atomic E-state index is 11.8. The van der Waals surface area contributed by atoms with E-state index in [1.165, 1.54) is 0 Å². The van der Waals surface area contributed by atoms with E-state index in [1.807, 2.05) is 116 Å². The minimum atomic E-state index is -0.203. The molecule has 0 fully saturated rings. The first kappa shape index (κ1) is 25.2. The Morgan fingerprint density at radius 3 is 1.43 bits per heavy atom. The molecule has 218 valence electrons. The molecule has 8 aromatic carbocycles. The van der Waals surface area contributed by atoms with Crippen LogP contribution in [-0.2, 0) is 0 Å². The molecule has 0 amide bonds. The van der Waals surface area contributed by atoms with Crippen molar-refractivity contribution in [3.05, 3.63) is 115 Å². The summed E-state index contributed by atoms with van der Waals surface area (Å²) >= 11 is 0. The lowest BCUT2D eigenvalue weighted by Crippen LogP contribution is -1.94. The molecule has 5 nitrogen and oxygen atoms in total. The Labute approximate surface area is 261 Å². The quantitative estimate of drug-likeness (QED) is 0.136. The van der Waals surface area contributed by atoms with Crippen LogP contribution in [0.2, 0.25) is 0 Å². The Balaban J connectivity index is 1.36. The zero-order valence-corrected chi connectivity index (χ0v) is 24.6. The first-order valence-electron chi connectivity index (χ1n) is 15.2. The van der Waals surface area contributed by atoms with Gasteiger partial charge in [0.05, 0.1) is 0 Å². The van der Waals surface area contributed by atoms with Crippen molar-refractivity contribution >= 4 is 76.2 Å². The molecule has 0 saturated carbocycles. The lowest BCUT2D eigenvalue weighted by Gasteiger charge is -2.21. The van der Waals surface area contributed by atoms with Gasteiger partial charge in [0.15, 0.2) is 11.5 Å². The number of benzene rings is 8. The molecule has 0 bridgehead atoms. The van der Waals surface area contributed by atoms with Crippen LogP contribution < -0.4 is 0 Å². The van der Waals surface area contributed by atoms with Crippen molar-refractivity contribution in [2.45, 2.75) is 6.92 Å². The Morgan fingerprint density at radius 1 is 0.391 bits per heavy atom. The van der Waals surface area contributed by atoms with E-state index < -0.39 is 0 Å². The molecule has 2 aromatic heterocycles. The standard InChI is InChI=1S/C41H24O5/c1-20-21-16-19-28-34-27(36(39(44)38(28)43)30-13-7-11-25-23-9-3-5-15-32(23)46-41(25)30)18-17-26(33(21)34)35(37(20)42)29-12-6-10-24-22-8-2-4-14-31(22)45-40(24)29/h2-19,42-44H,1H3. The van der Waals surface area contributed by atoms with Gasteiger partial charge in [-0.25, -0.2) is 0 Å². The SMILES string of the molecule is Cc1c(O)c(-c2cccc3c2oc2ccccc23)c2ccc3c(-c4cccc5c4oc4ccccc45)c(O)c(O)c4ccc1c2c43. The van der Waals surface area contributed by atoms with E-state index in [0.717, 1.165) is 70.8 Å². The van der Waals surface area contributed by atoms with Gasteiger partial charge in [0.25, 0.3) is 0 Å². The Kier molecular flexibility index (Phi) is 4.76. The van der Waals surface area contributed by atoms with Crippen LogP contribution in [0.3, 0.4) is 0 Å². The monoisotopic (exact) mass is 596 g/mol. The van der Waals surface area contributed by atoms with Crippen LogP contribution in [-0.4, -0.2) is 15.3 Å². The minimum Gasteiger partial charge on any atom is -0.507 e. The fourth-order valence-corrected chi connectivity index (χ4v) is 7.67. The summed E-state index contributed by atoms with van der Waals surface area (Å²) in [7, 11) is 0. The summed E-state index contributed by atoms with van der Waals surface area (Å²) in [6.45, 7) is 1.91. The molecule has 0 aliphatic heterocycles. The highest BCUT2D eigenvalue weighted by atomic mass is 16.3. The van der Waals surface area contributed by atoms with E-state index in [2.05, 4.69) is 0 Å². The highest BCUT2D eigenvalue weighted by Gasteiger charge is 2.27. The van der Waals surface area contributed by atoms with E-state index in [9.17, 15) is 15.3 Å². The molecule has 10 rings (SSSR count). The van der Waals surface area contributed by atoms with E-state index in [4.69, 9.17) is 8.83 Å². The van der Waals surface area contributed by atoms with Gasteiger partial charge in [-0.05, 0) is 52.2 Å². The van der Waals surface area contributed by atoms with Gasteiger partial charge in [-0.15, -0.1) is 0 Å². The van der Waals surface area contributed by atoms with Gasteiger partial charge in [0, 0.05) is 54.6 Å². The van der Waals surface area contributed by atoms with Gasteiger partial charge in [0.1, 0.15) is 28.1 Å². The van der Waals surface area contributed by atoms with Crippen molar-refractivity contribution < 1.29 is 24.2 Å². The molecule has 0 radical (unpaired) electrons. The van der Waals surface area contributed by atoms with Crippen LogP contribution in [0.4, 0.5) is 0 Å². The minimum absolute atomic E-state index is 0.179. The highest BCUT2D eigenvalue weighted by Crippen LogP contribution is 2.54. The van der Waals surface area contributed by atoms with Gasteiger partial charge in [0.2, 0.25) is 0 Å². The van der Waals surface area contributed by atoms with E-state index >= 15 is 0 Å². The summed E-state index contributed by atoms with van der Waals surface area (Å²) in [5.74, 6) is -0.222. The second kappa shape index (κ2) is 8.71. The van der Waals surface area contributed by atoms with E-state index in [0.29, 0.717) is 33.2 Å². The third-order valence-corrected chi connectivity index (χ3v) is 9.76. The number of phenolic OH excluding ortho intramolecular Hbond substituents is 3. The van der Waals surface area contributed by atoms with E-state index in [-0.39, 0.29) is 17.2 Å². The Hall–Kier alpha value is -6.20. The second-order valence-corrected chi connectivity index (χ2v) is 12.1.